The van der Waals surface area contributed by atoms with E-state index in [9.17, 15) is 9.59 Å². The average molecular weight is 300 g/mol. The molecule has 2 amide bonds. The lowest BCUT2D eigenvalue weighted by Gasteiger charge is -2.17. The van der Waals surface area contributed by atoms with Crippen LogP contribution in [0.3, 0.4) is 0 Å². The Morgan fingerprint density at radius 3 is 2.27 bits per heavy atom. The standard InChI is InChI=1S/C17H20N2O3/c1-11-6-5-7-12(2)16(11)18-15(20)10-19(4)17(21)14-9-8-13(3)22-14/h5-9H,10H2,1-4H3,(H,18,20). The molecule has 5 nitrogen and oxygen atoms in total. The first kappa shape index (κ1) is 15.8. The number of para-hydroxylation sites is 1. The molecule has 0 radical (unpaired) electrons. The first-order chi connectivity index (χ1) is 10.4. The summed E-state index contributed by atoms with van der Waals surface area (Å²) >= 11 is 0. The first-order valence-electron chi connectivity index (χ1n) is 7.06. The number of nitrogens with zero attached hydrogens (tertiary/aromatic N) is 1. The molecule has 1 aromatic carbocycles. The molecule has 2 rings (SSSR count). The summed E-state index contributed by atoms with van der Waals surface area (Å²) in [5.41, 5.74) is 2.77. The van der Waals surface area contributed by atoms with E-state index in [1.165, 1.54) is 4.90 Å². The number of nitrogens with one attached hydrogen (secondary N) is 1. The van der Waals surface area contributed by atoms with Gasteiger partial charge in [-0.25, -0.2) is 0 Å². The van der Waals surface area contributed by atoms with Crippen LogP contribution in [-0.4, -0.2) is 30.3 Å². The Hall–Kier alpha value is -2.56. The number of hydrogen-bond acceptors (Lipinski definition) is 3. The van der Waals surface area contributed by atoms with Crippen LogP contribution in [0.2, 0.25) is 0 Å². The molecule has 1 heterocycles. The van der Waals surface area contributed by atoms with Gasteiger partial charge in [0, 0.05) is 12.7 Å². The molecule has 5 heteroatoms. The minimum absolute atomic E-state index is 0.0354. The summed E-state index contributed by atoms with van der Waals surface area (Å²) in [4.78, 5) is 25.6. The Morgan fingerprint density at radius 1 is 1.09 bits per heavy atom. The van der Waals surface area contributed by atoms with Gasteiger partial charge in [0.1, 0.15) is 5.76 Å². The summed E-state index contributed by atoms with van der Waals surface area (Å²) in [5.74, 6) is 0.345. The quantitative estimate of drug-likeness (QED) is 0.944. The Morgan fingerprint density at radius 2 is 1.73 bits per heavy atom. The van der Waals surface area contributed by atoms with Gasteiger partial charge in [-0.1, -0.05) is 18.2 Å². The molecule has 0 saturated heterocycles. The number of furan rings is 1. The average Bonchev–Trinajstić information content (AvgIpc) is 2.88. The molecule has 0 saturated carbocycles. The summed E-state index contributed by atoms with van der Waals surface area (Å²) in [6.07, 6.45) is 0. The normalized spacial score (nSPS) is 10.4. The maximum absolute atomic E-state index is 12.1. The second kappa shape index (κ2) is 6.47. The maximum Gasteiger partial charge on any atom is 0.289 e. The van der Waals surface area contributed by atoms with Crippen molar-refractivity contribution in [1.82, 2.24) is 4.90 Å². The molecule has 1 aromatic heterocycles. The molecule has 0 fully saturated rings. The van der Waals surface area contributed by atoms with Crippen LogP contribution in [0.1, 0.15) is 27.4 Å². The van der Waals surface area contributed by atoms with Crippen LogP contribution in [0.5, 0.6) is 0 Å². The fraction of sp³-hybridized carbons (Fsp3) is 0.294. The third-order valence-electron chi connectivity index (χ3n) is 3.42. The van der Waals surface area contributed by atoms with Crippen molar-refractivity contribution in [3.63, 3.8) is 0 Å². The van der Waals surface area contributed by atoms with Crippen molar-refractivity contribution in [2.75, 3.05) is 18.9 Å². The SMILES string of the molecule is Cc1ccc(C(=O)N(C)CC(=O)Nc2c(C)cccc2C)o1. The molecule has 1 N–H and O–H groups in total. The lowest BCUT2D eigenvalue weighted by atomic mass is 10.1. The van der Waals surface area contributed by atoms with Crippen LogP contribution < -0.4 is 5.32 Å². The summed E-state index contributed by atoms with van der Waals surface area (Å²) in [5, 5.41) is 2.86. The predicted molar refractivity (Wildman–Crippen MR) is 85.0 cm³/mol. The highest BCUT2D eigenvalue weighted by molar-refractivity contribution is 5.98. The number of hydrogen-bond donors (Lipinski definition) is 1. The van der Waals surface area contributed by atoms with E-state index < -0.39 is 0 Å². The summed E-state index contributed by atoms with van der Waals surface area (Å²) < 4.78 is 5.28. The van der Waals surface area contributed by atoms with Gasteiger partial charge in [0.15, 0.2) is 5.76 Å². The monoisotopic (exact) mass is 300 g/mol. The van der Waals surface area contributed by atoms with Crippen molar-refractivity contribution in [2.24, 2.45) is 0 Å². The molecular formula is C17H20N2O3. The number of rotatable bonds is 4. The van der Waals surface area contributed by atoms with Gasteiger partial charge in [0.2, 0.25) is 5.91 Å². The zero-order valence-corrected chi connectivity index (χ0v) is 13.3. The molecular weight excluding hydrogens is 280 g/mol. The minimum Gasteiger partial charge on any atom is -0.456 e. The van der Waals surface area contributed by atoms with E-state index in [4.69, 9.17) is 4.42 Å². The molecule has 0 bridgehead atoms. The fourth-order valence-electron chi connectivity index (χ4n) is 2.22. The molecule has 116 valence electrons. The largest absolute Gasteiger partial charge is 0.456 e. The van der Waals surface area contributed by atoms with Gasteiger partial charge >= 0.3 is 0 Å². The molecule has 2 aromatic rings. The second-order valence-corrected chi connectivity index (χ2v) is 5.39. The van der Waals surface area contributed by atoms with Crippen LogP contribution in [0, 0.1) is 20.8 Å². The topological polar surface area (TPSA) is 62.6 Å². The van der Waals surface area contributed by atoms with Crippen LogP contribution in [0.25, 0.3) is 0 Å². The van der Waals surface area contributed by atoms with Crippen LogP contribution >= 0.6 is 0 Å². The van der Waals surface area contributed by atoms with E-state index in [0.29, 0.717) is 5.76 Å². The van der Waals surface area contributed by atoms with Crippen molar-refractivity contribution in [2.45, 2.75) is 20.8 Å². The van der Waals surface area contributed by atoms with Crippen molar-refractivity contribution < 1.29 is 14.0 Å². The lowest BCUT2D eigenvalue weighted by Crippen LogP contribution is -2.35. The lowest BCUT2D eigenvalue weighted by molar-refractivity contribution is -0.116. The van der Waals surface area contributed by atoms with Gasteiger partial charge in [-0.2, -0.15) is 0 Å². The van der Waals surface area contributed by atoms with Crippen molar-refractivity contribution in [3.8, 4) is 0 Å². The Labute approximate surface area is 129 Å². The number of anilines is 1. The fourth-order valence-corrected chi connectivity index (χ4v) is 2.22. The van der Waals surface area contributed by atoms with Gasteiger partial charge in [-0.05, 0) is 44.0 Å². The summed E-state index contributed by atoms with van der Waals surface area (Å²) in [6.45, 7) is 5.60. The van der Waals surface area contributed by atoms with E-state index in [-0.39, 0.29) is 24.1 Å². The number of carbonyl (C=O) groups is 2. The third-order valence-corrected chi connectivity index (χ3v) is 3.42. The number of amides is 2. The van der Waals surface area contributed by atoms with Crippen molar-refractivity contribution >= 4 is 17.5 Å². The van der Waals surface area contributed by atoms with E-state index in [0.717, 1.165) is 16.8 Å². The molecule has 0 aliphatic rings. The highest BCUT2D eigenvalue weighted by atomic mass is 16.3. The smallest absolute Gasteiger partial charge is 0.289 e. The first-order valence-corrected chi connectivity index (χ1v) is 7.06. The Balaban J connectivity index is 2.01. The molecule has 0 aliphatic carbocycles. The van der Waals surface area contributed by atoms with Gasteiger partial charge in [-0.15, -0.1) is 0 Å². The van der Waals surface area contributed by atoms with Gasteiger partial charge in [-0.3, -0.25) is 9.59 Å². The van der Waals surface area contributed by atoms with Crippen molar-refractivity contribution in [3.05, 3.63) is 53.0 Å². The molecule has 0 atom stereocenters. The van der Waals surface area contributed by atoms with Gasteiger partial charge in [0.25, 0.3) is 5.91 Å². The number of likely N-dealkylation sites (N-methyl/N-ethyl adjacent to an activating group) is 1. The second-order valence-electron chi connectivity index (χ2n) is 5.39. The third kappa shape index (κ3) is 3.55. The van der Waals surface area contributed by atoms with E-state index in [2.05, 4.69) is 5.32 Å². The number of carbonyl (C=O) groups excluding carboxylic acids is 2. The van der Waals surface area contributed by atoms with Crippen LogP contribution in [0.4, 0.5) is 5.69 Å². The van der Waals surface area contributed by atoms with E-state index in [1.54, 1.807) is 26.1 Å². The highest BCUT2D eigenvalue weighted by Gasteiger charge is 2.18. The summed E-state index contributed by atoms with van der Waals surface area (Å²) in [7, 11) is 1.57. The highest BCUT2D eigenvalue weighted by Crippen LogP contribution is 2.19. The van der Waals surface area contributed by atoms with Gasteiger partial charge in [0.05, 0.1) is 6.54 Å². The summed E-state index contributed by atoms with van der Waals surface area (Å²) in [6, 6.07) is 9.14. The molecule has 0 aliphatic heterocycles. The zero-order chi connectivity index (χ0) is 16.3. The number of aryl methyl sites for hydroxylation is 3. The Bertz CT molecular complexity index is 683. The Kier molecular flexibility index (Phi) is 4.65. The molecule has 0 unspecified atom stereocenters. The van der Waals surface area contributed by atoms with Crippen LogP contribution in [-0.2, 0) is 4.79 Å². The van der Waals surface area contributed by atoms with Crippen LogP contribution in [0.15, 0.2) is 34.7 Å². The molecule has 0 spiro atoms. The van der Waals surface area contributed by atoms with E-state index in [1.807, 2.05) is 32.0 Å². The van der Waals surface area contributed by atoms with Crippen molar-refractivity contribution in [1.29, 1.82) is 0 Å². The maximum atomic E-state index is 12.1. The van der Waals surface area contributed by atoms with Gasteiger partial charge < -0.3 is 14.6 Å². The zero-order valence-electron chi connectivity index (χ0n) is 13.3. The predicted octanol–water partition coefficient (Wildman–Crippen LogP) is 2.92. The molecule has 22 heavy (non-hydrogen) atoms. The number of benzene rings is 1. The van der Waals surface area contributed by atoms with E-state index >= 15 is 0 Å². The minimum atomic E-state index is -0.315.